The molecule has 0 spiro atoms. The predicted octanol–water partition coefficient (Wildman–Crippen LogP) is 4.11. The first kappa shape index (κ1) is 21.3. The average Bonchev–Trinajstić information content (AvgIpc) is 3.18. The topological polar surface area (TPSA) is 41.4 Å². The van der Waals surface area contributed by atoms with Gasteiger partial charge in [-0.15, -0.1) is 0 Å². The van der Waals surface area contributed by atoms with E-state index in [1.54, 1.807) is 12.1 Å². The summed E-state index contributed by atoms with van der Waals surface area (Å²) in [5.74, 6) is 0.863. The Hall–Kier alpha value is -3.51. The van der Waals surface area contributed by atoms with Crippen LogP contribution in [0.4, 0.5) is 4.39 Å². The predicted molar refractivity (Wildman–Crippen MR) is 127 cm³/mol. The Morgan fingerprint density at radius 1 is 0.788 bits per heavy atom. The van der Waals surface area contributed by atoms with Crippen molar-refractivity contribution in [2.24, 2.45) is 0 Å². The van der Waals surface area contributed by atoms with Gasteiger partial charge in [-0.05, 0) is 35.4 Å². The van der Waals surface area contributed by atoms with Crippen molar-refractivity contribution in [3.63, 3.8) is 0 Å². The molecule has 168 valence electrons. The molecule has 3 aromatic carbocycles. The van der Waals surface area contributed by atoms with E-state index in [2.05, 4.69) is 51.9 Å². The number of fused-ring (bicyclic) bond motifs is 1. The molecule has 1 amide bonds. The van der Waals surface area contributed by atoms with E-state index in [0.717, 1.165) is 48.6 Å². The highest BCUT2D eigenvalue weighted by Crippen LogP contribution is 2.20. The van der Waals surface area contributed by atoms with Crippen LogP contribution in [0.15, 0.2) is 78.9 Å². The first-order chi connectivity index (χ1) is 16.2. The molecule has 0 N–H and O–H groups in total. The van der Waals surface area contributed by atoms with Crippen molar-refractivity contribution in [2.45, 2.75) is 19.5 Å². The molecule has 2 heterocycles. The summed E-state index contributed by atoms with van der Waals surface area (Å²) in [6.45, 7) is 4.54. The number of halogens is 1. The Labute approximate surface area is 193 Å². The zero-order valence-electron chi connectivity index (χ0n) is 18.5. The van der Waals surface area contributed by atoms with Crippen LogP contribution in [0.25, 0.3) is 11.0 Å². The van der Waals surface area contributed by atoms with Gasteiger partial charge in [0.05, 0.1) is 24.0 Å². The van der Waals surface area contributed by atoms with Gasteiger partial charge in [-0.2, -0.15) is 0 Å². The van der Waals surface area contributed by atoms with Crippen LogP contribution in [0.3, 0.4) is 0 Å². The van der Waals surface area contributed by atoms with Crippen LogP contribution in [0.2, 0.25) is 0 Å². The molecular formula is C27H27FN4O. The Morgan fingerprint density at radius 3 is 2.24 bits per heavy atom. The van der Waals surface area contributed by atoms with E-state index in [1.807, 2.05) is 17.0 Å². The van der Waals surface area contributed by atoms with Gasteiger partial charge >= 0.3 is 0 Å². The highest BCUT2D eigenvalue weighted by molar-refractivity contribution is 5.79. The Morgan fingerprint density at radius 2 is 1.48 bits per heavy atom. The molecule has 5 nitrogen and oxygen atoms in total. The van der Waals surface area contributed by atoms with Crippen molar-refractivity contribution in [1.29, 1.82) is 0 Å². The van der Waals surface area contributed by atoms with E-state index in [0.29, 0.717) is 19.5 Å². The van der Waals surface area contributed by atoms with Crippen LogP contribution in [-0.4, -0.2) is 51.4 Å². The lowest BCUT2D eigenvalue weighted by Crippen LogP contribution is -2.49. The molecule has 0 aliphatic carbocycles. The molecule has 33 heavy (non-hydrogen) atoms. The standard InChI is InChI=1S/C27H27FN4O/c28-23-12-10-21(11-13-23)18-27(33)31-16-14-30(15-17-31)20-26-29-24-8-4-5-9-25(24)32(26)19-22-6-2-1-3-7-22/h1-13H,14-20H2. The first-order valence-corrected chi connectivity index (χ1v) is 11.4. The number of rotatable bonds is 6. The molecule has 0 bridgehead atoms. The van der Waals surface area contributed by atoms with Gasteiger partial charge in [0, 0.05) is 32.7 Å². The summed E-state index contributed by atoms with van der Waals surface area (Å²) < 4.78 is 15.4. The molecule has 1 aliphatic heterocycles. The number of carbonyl (C=O) groups is 1. The van der Waals surface area contributed by atoms with Crippen LogP contribution < -0.4 is 0 Å². The molecular weight excluding hydrogens is 415 g/mol. The van der Waals surface area contributed by atoms with E-state index in [9.17, 15) is 9.18 Å². The quantitative estimate of drug-likeness (QED) is 0.451. The highest BCUT2D eigenvalue weighted by Gasteiger charge is 2.23. The third kappa shape index (κ3) is 4.96. The lowest BCUT2D eigenvalue weighted by Gasteiger charge is -2.34. The van der Waals surface area contributed by atoms with Gasteiger partial charge in [-0.1, -0.05) is 54.6 Å². The second-order valence-corrected chi connectivity index (χ2v) is 8.55. The molecule has 5 rings (SSSR count). The second-order valence-electron chi connectivity index (χ2n) is 8.55. The monoisotopic (exact) mass is 442 g/mol. The first-order valence-electron chi connectivity index (χ1n) is 11.4. The number of benzene rings is 3. The van der Waals surface area contributed by atoms with Crippen LogP contribution in [0.5, 0.6) is 0 Å². The largest absolute Gasteiger partial charge is 0.340 e. The Balaban J connectivity index is 1.25. The average molecular weight is 443 g/mol. The summed E-state index contributed by atoms with van der Waals surface area (Å²) >= 11 is 0. The molecule has 1 fully saturated rings. The number of amides is 1. The van der Waals surface area contributed by atoms with E-state index < -0.39 is 0 Å². The lowest BCUT2D eigenvalue weighted by atomic mass is 10.1. The van der Waals surface area contributed by atoms with Gasteiger partial charge in [-0.25, -0.2) is 9.37 Å². The summed E-state index contributed by atoms with van der Waals surface area (Å²) in [6, 6.07) is 24.9. The van der Waals surface area contributed by atoms with E-state index in [4.69, 9.17) is 4.98 Å². The third-order valence-corrected chi connectivity index (χ3v) is 6.28. The fraction of sp³-hybridized carbons (Fsp3) is 0.259. The normalized spacial score (nSPS) is 14.6. The van der Waals surface area contributed by atoms with Gasteiger partial charge < -0.3 is 9.47 Å². The Kier molecular flexibility index (Phi) is 6.17. The van der Waals surface area contributed by atoms with Crippen molar-refractivity contribution < 1.29 is 9.18 Å². The molecule has 4 aromatic rings. The van der Waals surface area contributed by atoms with Crippen LogP contribution in [-0.2, 0) is 24.3 Å². The number of nitrogens with zero attached hydrogens (tertiary/aromatic N) is 4. The van der Waals surface area contributed by atoms with E-state index in [-0.39, 0.29) is 11.7 Å². The fourth-order valence-electron chi connectivity index (χ4n) is 4.43. The van der Waals surface area contributed by atoms with Gasteiger partial charge in [-0.3, -0.25) is 9.69 Å². The SMILES string of the molecule is O=C(Cc1ccc(F)cc1)N1CCN(Cc2nc3ccccc3n2Cc2ccccc2)CC1. The summed E-state index contributed by atoms with van der Waals surface area (Å²) in [5.41, 5.74) is 4.25. The summed E-state index contributed by atoms with van der Waals surface area (Å²) in [4.78, 5) is 21.9. The van der Waals surface area contributed by atoms with Crippen LogP contribution in [0.1, 0.15) is 17.0 Å². The van der Waals surface area contributed by atoms with Gasteiger partial charge in [0.15, 0.2) is 0 Å². The zero-order chi connectivity index (χ0) is 22.6. The molecule has 0 unspecified atom stereocenters. The molecule has 0 radical (unpaired) electrons. The molecule has 0 saturated carbocycles. The van der Waals surface area contributed by atoms with Crippen molar-refractivity contribution in [3.8, 4) is 0 Å². The maximum Gasteiger partial charge on any atom is 0.227 e. The van der Waals surface area contributed by atoms with Gasteiger partial charge in [0.25, 0.3) is 0 Å². The molecule has 0 atom stereocenters. The lowest BCUT2D eigenvalue weighted by molar-refractivity contribution is -0.132. The number of hydrogen-bond donors (Lipinski definition) is 0. The number of para-hydroxylation sites is 2. The van der Waals surface area contributed by atoms with E-state index >= 15 is 0 Å². The van der Waals surface area contributed by atoms with Crippen LogP contribution >= 0.6 is 0 Å². The maximum absolute atomic E-state index is 13.1. The fourth-order valence-corrected chi connectivity index (χ4v) is 4.43. The minimum absolute atomic E-state index is 0.0950. The smallest absolute Gasteiger partial charge is 0.227 e. The maximum atomic E-state index is 13.1. The number of piperazine rings is 1. The number of aromatic nitrogens is 2. The van der Waals surface area contributed by atoms with Gasteiger partial charge in [0.1, 0.15) is 11.6 Å². The molecule has 1 saturated heterocycles. The van der Waals surface area contributed by atoms with Crippen molar-refractivity contribution >= 4 is 16.9 Å². The van der Waals surface area contributed by atoms with Crippen molar-refractivity contribution in [2.75, 3.05) is 26.2 Å². The van der Waals surface area contributed by atoms with Crippen LogP contribution in [0, 0.1) is 5.82 Å². The molecule has 1 aromatic heterocycles. The minimum Gasteiger partial charge on any atom is -0.340 e. The Bertz CT molecular complexity index is 1230. The number of hydrogen-bond acceptors (Lipinski definition) is 3. The van der Waals surface area contributed by atoms with Crippen molar-refractivity contribution in [1.82, 2.24) is 19.4 Å². The summed E-state index contributed by atoms with van der Waals surface area (Å²) in [7, 11) is 0. The summed E-state index contributed by atoms with van der Waals surface area (Å²) in [6.07, 6.45) is 0.313. The molecule has 1 aliphatic rings. The number of imidazole rings is 1. The highest BCUT2D eigenvalue weighted by atomic mass is 19.1. The van der Waals surface area contributed by atoms with E-state index in [1.165, 1.54) is 17.7 Å². The minimum atomic E-state index is -0.280. The van der Waals surface area contributed by atoms with Crippen molar-refractivity contribution in [3.05, 3.63) is 102 Å². The van der Waals surface area contributed by atoms with Gasteiger partial charge in [0.2, 0.25) is 5.91 Å². The number of carbonyl (C=O) groups excluding carboxylic acids is 1. The second kappa shape index (κ2) is 9.55. The summed E-state index contributed by atoms with van der Waals surface area (Å²) in [5, 5.41) is 0. The third-order valence-electron chi connectivity index (χ3n) is 6.28. The molecule has 6 heteroatoms. The zero-order valence-corrected chi connectivity index (χ0v) is 18.5.